The van der Waals surface area contributed by atoms with Crippen molar-refractivity contribution in [3.8, 4) is 0 Å². The molecule has 0 aromatic heterocycles. The van der Waals surface area contributed by atoms with Crippen molar-refractivity contribution >= 4 is 5.97 Å². The summed E-state index contributed by atoms with van der Waals surface area (Å²) in [6.07, 6.45) is 2.93. The molecule has 0 spiro atoms. The van der Waals surface area contributed by atoms with Crippen molar-refractivity contribution in [3.05, 3.63) is 0 Å². The highest BCUT2D eigenvalue weighted by Gasteiger charge is 2.24. The maximum Gasteiger partial charge on any atom is 0.334 e. The topological polar surface area (TPSA) is 49.8 Å². The average molecular weight is 257 g/mol. The summed E-state index contributed by atoms with van der Waals surface area (Å²) in [6.45, 7) is 9.38. The minimum atomic E-state index is -0.846. The fraction of sp³-hybridized carbons (Fsp3) is 0.929. The number of hydrogen-bond acceptors (Lipinski definition) is 3. The standard InChI is InChI=1S/C14H27NO3/c1-4-18-13(14(16)17)10-15-8-5-6-12(7-9-15)11(2)3/h11-13H,4-10H2,1-3H3,(H,16,17). The Balaban J connectivity index is 2.44. The van der Waals surface area contributed by atoms with Gasteiger partial charge in [-0.3, -0.25) is 0 Å². The molecule has 18 heavy (non-hydrogen) atoms. The molecule has 1 N–H and O–H groups in total. The van der Waals surface area contributed by atoms with Crippen LogP contribution in [0.1, 0.15) is 40.0 Å². The molecule has 1 fully saturated rings. The summed E-state index contributed by atoms with van der Waals surface area (Å²) in [6, 6.07) is 0. The third kappa shape index (κ3) is 4.94. The van der Waals surface area contributed by atoms with Gasteiger partial charge in [-0.1, -0.05) is 13.8 Å². The van der Waals surface area contributed by atoms with Crippen molar-refractivity contribution in [2.24, 2.45) is 11.8 Å². The van der Waals surface area contributed by atoms with E-state index in [-0.39, 0.29) is 0 Å². The van der Waals surface area contributed by atoms with E-state index in [0.717, 1.165) is 24.9 Å². The van der Waals surface area contributed by atoms with Crippen LogP contribution in [0.25, 0.3) is 0 Å². The molecule has 0 aliphatic carbocycles. The summed E-state index contributed by atoms with van der Waals surface area (Å²) in [7, 11) is 0. The van der Waals surface area contributed by atoms with E-state index in [1.807, 2.05) is 6.92 Å². The summed E-state index contributed by atoms with van der Waals surface area (Å²) in [5, 5.41) is 9.09. The second-order valence-electron chi connectivity index (χ2n) is 5.52. The Labute approximate surface area is 110 Å². The van der Waals surface area contributed by atoms with Gasteiger partial charge in [-0.15, -0.1) is 0 Å². The lowest BCUT2D eigenvalue weighted by atomic mass is 9.89. The van der Waals surface area contributed by atoms with Crippen LogP contribution >= 0.6 is 0 Å². The zero-order valence-electron chi connectivity index (χ0n) is 11.9. The molecule has 0 bridgehead atoms. The summed E-state index contributed by atoms with van der Waals surface area (Å²) >= 11 is 0. The molecule has 2 atom stereocenters. The zero-order valence-corrected chi connectivity index (χ0v) is 11.9. The second kappa shape index (κ2) is 7.74. The Kier molecular flexibility index (Phi) is 6.65. The highest BCUT2D eigenvalue weighted by molar-refractivity contribution is 5.72. The first-order chi connectivity index (χ1) is 8.54. The van der Waals surface area contributed by atoms with E-state index in [1.165, 1.54) is 19.3 Å². The van der Waals surface area contributed by atoms with Crippen LogP contribution in [0.2, 0.25) is 0 Å². The quantitative estimate of drug-likeness (QED) is 0.793. The summed E-state index contributed by atoms with van der Waals surface area (Å²) in [5.74, 6) is 0.666. The fourth-order valence-corrected chi connectivity index (χ4v) is 2.67. The van der Waals surface area contributed by atoms with Crippen molar-refractivity contribution < 1.29 is 14.6 Å². The van der Waals surface area contributed by atoms with Crippen molar-refractivity contribution in [1.29, 1.82) is 0 Å². The van der Waals surface area contributed by atoms with E-state index in [4.69, 9.17) is 9.84 Å². The van der Waals surface area contributed by atoms with Gasteiger partial charge in [-0.05, 0) is 51.1 Å². The lowest BCUT2D eigenvalue weighted by Gasteiger charge is -2.24. The van der Waals surface area contributed by atoms with Gasteiger partial charge < -0.3 is 14.7 Å². The van der Waals surface area contributed by atoms with Crippen molar-refractivity contribution in [1.82, 2.24) is 4.90 Å². The van der Waals surface area contributed by atoms with Crippen molar-refractivity contribution in [2.75, 3.05) is 26.2 Å². The van der Waals surface area contributed by atoms with Gasteiger partial charge in [0, 0.05) is 13.2 Å². The summed E-state index contributed by atoms with van der Waals surface area (Å²) in [5.41, 5.74) is 0. The van der Waals surface area contributed by atoms with E-state index in [2.05, 4.69) is 18.7 Å². The number of hydrogen-bond donors (Lipinski definition) is 1. The molecule has 0 aromatic carbocycles. The zero-order chi connectivity index (χ0) is 13.5. The van der Waals surface area contributed by atoms with Crippen LogP contribution in [0.5, 0.6) is 0 Å². The number of carboxylic acids is 1. The number of carboxylic acid groups (broad SMARTS) is 1. The van der Waals surface area contributed by atoms with Gasteiger partial charge in [0.05, 0.1) is 0 Å². The Morgan fingerprint density at radius 2 is 2.11 bits per heavy atom. The predicted octanol–water partition coefficient (Wildman–Crippen LogP) is 2.23. The number of likely N-dealkylation sites (tertiary alicyclic amines) is 1. The number of nitrogens with zero attached hydrogens (tertiary/aromatic N) is 1. The maximum absolute atomic E-state index is 11.1. The third-order valence-electron chi connectivity index (χ3n) is 3.88. The molecule has 106 valence electrons. The van der Waals surface area contributed by atoms with Crippen LogP contribution in [0, 0.1) is 11.8 Å². The minimum Gasteiger partial charge on any atom is -0.479 e. The van der Waals surface area contributed by atoms with Gasteiger partial charge >= 0.3 is 5.97 Å². The lowest BCUT2D eigenvalue weighted by molar-refractivity contribution is -0.151. The largest absolute Gasteiger partial charge is 0.479 e. The molecule has 4 heteroatoms. The smallest absolute Gasteiger partial charge is 0.334 e. The Bertz CT molecular complexity index is 255. The molecule has 1 saturated heterocycles. The predicted molar refractivity (Wildman–Crippen MR) is 71.7 cm³/mol. The number of rotatable bonds is 6. The number of carbonyl (C=O) groups is 1. The van der Waals surface area contributed by atoms with E-state index in [1.54, 1.807) is 0 Å². The van der Waals surface area contributed by atoms with Gasteiger partial charge in [0.15, 0.2) is 6.10 Å². The molecule has 0 aromatic rings. The highest BCUT2D eigenvalue weighted by atomic mass is 16.5. The molecule has 1 aliphatic heterocycles. The molecule has 0 radical (unpaired) electrons. The van der Waals surface area contributed by atoms with Gasteiger partial charge in [0.2, 0.25) is 0 Å². The Morgan fingerprint density at radius 1 is 1.39 bits per heavy atom. The van der Waals surface area contributed by atoms with Crippen LogP contribution in [0.4, 0.5) is 0 Å². The minimum absolute atomic E-state index is 0.458. The van der Waals surface area contributed by atoms with E-state index in [9.17, 15) is 4.79 Å². The van der Waals surface area contributed by atoms with Gasteiger partial charge in [0.1, 0.15) is 0 Å². The molecule has 2 unspecified atom stereocenters. The van der Waals surface area contributed by atoms with Crippen LogP contribution in [0.15, 0.2) is 0 Å². The molecule has 0 saturated carbocycles. The van der Waals surface area contributed by atoms with E-state index in [0.29, 0.717) is 13.2 Å². The number of aliphatic carboxylic acids is 1. The Hall–Kier alpha value is -0.610. The van der Waals surface area contributed by atoms with Gasteiger partial charge in [0.25, 0.3) is 0 Å². The van der Waals surface area contributed by atoms with Crippen LogP contribution < -0.4 is 0 Å². The molecular formula is C14H27NO3. The number of ether oxygens (including phenoxy) is 1. The first-order valence-electron chi connectivity index (χ1n) is 7.11. The van der Waals surface area contributed by atoms with E-state index >= 15 is 0 Å². The highest BCUT2D eigenvalue weighted by Crippen LogP contribution is 2.24. The monoisotopic (exact) mass is 257 g/mol. The Morgan fingerprint density at radius 3 is 2.67 bits per heavy atom. The molecule has 1 rings (SSSR count). The van der Waals surface area contributed by atoms with E-state index < -0.39 is 12.1 Å². The van der Waals surface area contributed by atoms with Crippen LogP contribution in [0.3, 0.4) is 0 Å². The first-order valence-corrected chi connectivity index (χ1v) is 7.11. The average Bonchev–Trinajstić information content (AvgIpc) is 2.54. The molecule has 1 heterocycles. The van der Waals surface area contributed by atoms with Gasteiger partial charge in [-0.2, -0.15) is 0 Å². The lowest BCUT2D eigenvalue weighted by Crippen LogP contribution is -2.39. The van der Waals surface area contributed by atoms with Crippen LogP contribution in [-0.2, 0) is 9.53 Å². The molecule has 0 amide bonds. The maximum atomic E-state index is 11.1. The molecule has 4 nitrogen and oxygen atoms in total. The summed E-state index contributed by atoms with van der Waals surface area (Å²) in [4.78, 5) is 13.3. The molecular weight excluding hydrogens is 230 g/mol. The first kappa shape index (κ1) is 15.4. The second-order valence-corrected chi connectivity index (χ2v) is 5.52. The van der Waals surface area contributed by atoms with Crippen LogP contribution in [-0.4, -0.2) is 48.3 Å². The summed E-state index contributed by atoms with van der Waals surface area (Å²) < 4.78 is 5.28. The van der Waals surface area contributed by atoms with Crippen molar-refractivity contribution in [2.45, 2.75) is 46.1 Å². The molecule has 1 aliphatic rings. The SMILES string of the molecule is CCOC(CN1CCCC(C(C)C)CC1)C(=O)O. The third-order valence-corrected chi connectivity index (χ3v) is 3.88. The van der Waals surface area contributed by atoms with Crippen molar-refractivity contribution in [3.63, 3.8) is 0 Å². The normalized spacial score (nSPS) is 23.9. The van der Waals surface area contributed by atoms with Gasteiger partial charge in [-0.25, -0.2) is 4.79 Å². The fourth-order valence-electron chi connectivity index (χ4n) is 2.67.